The summed E-state index contributed by atoms with van der Waals surface area (Å²) in [6, 6.07) is 17.1. The summed E-state index contributed by atoms with van der Waals surface area (Å²) in [6.45, 7) is 1.13. The first-order valence-corrected chi connectivity index (χ1v) is 10.7. The summed E-state index contributed by atoms with van der Waals surface area (Å²) in [6.07, 6.45) is 4.05. The second kappa shape index (κ2) is 11.4. The molecule has 0 aliphatic heterocycles. The highest BCUT2D eigenvalue weighted by Gasteiger charge is 2.23. The summed E-state index contributed by atoms with van der Waals surface area (Å²) in [5.41, 5.74) is 2.15. The zero-order valence-electron chi connectivity index (χ0n) is 17.7. The van der Waals surface area contributed by atoms with Crippen LogP contribution in [0.25, 0.3) is 0 Å². The molecule has 0 bridgehead atoms. The predicted molar refractivity (Wildman–Crippen MR) is 122 cm³/mol. The van der Waals surface area contributed by atoms with Gasteiger partial charge in [-0.15, -0.1) is 0 Å². The van der Waals surface area contributed by atoms with E-state index in [1.807, 2.05) is 12.1 Å². The van der Waals surface area contributed by atoms with Gasteiger partial charge >= 0.3 is 12.1 Å². The third kappa shape index (κ3) is 7.03. The lowest BCUT2D eigenvalue weighted by Crippen LogP contribution is -2.38. The highest BCUT2D eigenvalue weighted by Crippen LogP contribution is 2.28. The van der Waals surface area contributed by atoms with E-state index >= 15 is 0 Å². The van der Waals surface area contributed by atoms with Crippen LogP contribution in [0.5, 0.6) is 0 Å². The van der Waals surface area contributed by atoms with Crippen LogP contribution >= 0.6 is 0 Å². The van der Waals surface area contributed by atoms with E-state index in [1.165, 1.54) is 0 Å². The van der Waals surface area contributed by atoms with Crippen LogP contribution in [0.4, 0.5) is 21.0 Å². The smallest absolute Gasteiger partial charge is 0.319 e. The molecule has 164 valence electrons. The Bertz CT molecular complexity index is 958. The van der Waals surface area contributed by atoms with E-state index < -0.39 is 0 Å². The maximum atomic E-state index is 12.2. The van der Waals surface area contributed by atoms with E-state index in [1.54, 1.807) is 48.5 Å². The fourth-order valence-electron chi connectivity index (χ4n) is 3.93. The van der Waals surface area contributed by atoms with Gasteiger partial charge in [0.25, 0.3) is 0 Å². The molecule has 4 N–H and O–H groups in total. The lowest BCUT2D eigenvalue weighted by Gasteiger charge is -2.29. The molecule has 2 aromatic rings. The van der Waals surface area contributed by atoms with Crippen molar-refractivity contribution < 1.29 is 9.59 Å². The van der Waals surface area contributed by atoms with Gasteiger partial charge in [0, 0.05) is 24.5 Å². The second-order valence-electron chi connectivity index (χ2n) is 7.95. The molecule has 4 amide bonds. The standard InChI is InChI=1S/C24H26N6O2/c25-13-17-4-2-8-21(11-17)29-23(31)27-15-19-6-1-7-20(10-19)16-28-24(32)30-22-9-3-5-18(12-22)14-26/h2-5,8-9,11-12,19-20H,1,6-7,10,15-16H2,(H2,27,29,31)(H2,28,30,32)/t19-,20-/m1/s1. The third-order valence-corrected chi connectivity index (χ3v) is 5.49. The Kier molecular flexibility index (Phi) is 8.05. The fourth-order valence-corrected chi connectivity index (χ4v) is 3.93. The fraction of sp³-hybridized carbons (Fsp3) is 0.333. The van der Waals surface area contributed by atoms with Gasteiger partial charge in [-0.25, -0.2) is 9.59 Å². The number of urea groups is 2. The Balaban J connectivity index is 1.39. The molecule has 1 fully saturated rings. The lowest BCUT2D eigenvalue weighted by atomic mass is 9.81. The maximum absolute atomic E-state index is 12.2. The molecule has 1 saturated carbocycles. The molecule has 0 saturated heterocycles. The van der Waals surface area contributed by atoms with Gasteiger partial charge in [-0.2, -0.15) is 10.5 Å². The van der Waals surface area contributed by atoms with Crippen molar-refractivity contribution in [1.29, 1.82) is 10.5 Å². The molecule has 1 aliphatic carbocycles. The van der Waals surface area contributed by atoms with Crippen LogP contribution in [-0.4, -0.2) is 25.2 Å². The molecular formula is C24H26N6O2. The molecule has 2 aromatic carbocycles. The Hall–Kier alpha value is -4.04. The minimum Gasteiger partial charge on any atom is -0.338 e. The number of nitrogens with one attached hydrogen (secondary N) is 4. The van der Waals surface area contributed by atoms with Gasteiger partial charge in [-0.1, -0.05) is 18.6 Å². The van der Waals surface area contributed by atoms with Crippen LogP contribution in [-0.2, 0) is 0 Å². The minimum atomic E-state index is -0.292. The van der Waals surface area contributed by atoms with Crippen LogP contribution in [0.15, 0.2) is 48.5 Å². The molecule has 3 rings (SSSR count). The first kappa shape index (κ1) is 22.6. The molecule has 0 radical (unpaired) electrons. The van der Waals surface area contributed by atoms with E-state index in [-0.39, 0.29) is 12.1 Å². The van der Waals surface area contributed by atoms with Crippen molar-refractivity contribution in [3.8, 4) is 12.1 Å². The van der Waals surface area contributed by atoms with Crippen molar-refractivity contribution in [2.24, 2.45) is 11.8 Å². The van der Waals surface area contributed by atoms with Gasteiger partial charge in [0.05, 0.1) is 23.3 Å². The quantitative estimate of drug-likeness (QED) is 0.548. The van der Waals surface area contributed by atoms with Crippen LogP contribution in [0.2, 0.25) is 0 Å². The van der Waals surface area contributed by atoms with Crippen molar-refractivity contribution in [3.63, 3.8) is 0 Å². The number of nitriles is 2. The molecule has 2 atom stereocenters. The van der Waals surface area contributed by atoms with Crippen molar-refractivity contribution in [1.82, 2.24) is 10.6 Å². The number of carbonyl (C=O) groups excluding carboxylic acids is 2. The van der Waals surface area contributed by atoms with Gasteiger partial charge in [0.1, 0.15) is 0 Å². The Labute approximate surface area is 187 Å². The van der Waals surface area contributed by atoms with E-state index in [0.717, 1.165) is 25.7 Å². The number of amides is 4. The number of hydrogen-bond donors (Lipinski definition) is 4. The molecule has 8 nitrogen and oxygen atoms in total. The molecule has 0 aromatic heterocycles. The van der Waals surface area contributed by atoms with Gasteiger partial charge in [-0.3, -0.25) is 0 Å². The Morgan fingerprint density at radius 1 is 0.812 bits per heavy atom. The van der Waals surface area contributed by atoms with Gasteiger partial charge < -0.3 is 21.3 Å². The van der Waals surface area contributed by atoms with Crippen molar-refractivity contribution in [2.45, 2.75) is 25.7 Å². The second-order valence-corrected chi connectivity index (χ2v) is 7.95. The first-order chi connectivity index (χ1) is 15.6. The molecule has 1 aliphatic rings. The third-order valence-electron chi connectivity index (χ3n) is 5.49. The van der Waals surface area contributed by atoms with Crippen LogP contribution < -0.4 is 21.3 Å². The Morgan fingerprint density at radius 2 is 1.28 bits per heavy atom. The van der Waals surface area contributed by atoms with E-state index in [4.69, 9.17) is 10.5 Å². The van der Waals surface area contributed by atoms with Gasteiger partial charge in [0.2, 0.25) is 0 Å². The summed E-state index contributed by atoms with van der Waals surface area (Å²) in [4.78, 5) is 24.4. The number of anilines is 2. The molecule has 8 heteroatoms. The number of rotatable bonds is 6. The minimum absolute atomic E-state index is 0.292. The van der Waals surface area contributed by atoms with E-state index in [0.29, 0.717) is 47.4 Å². The largest absolute Gasteiger partial charge is 0.338 e. The first-order valence-electron chi connectivity index (χ1n) is 10.7. The van der Waals surface area contributed by atoms with Crippen LogP contribution in [0, 0.1) is 34.5 Å². The highest BCUT2D eigenvalue weighted by molar-refractivity contribution is 5.90. The molecule has 32 heavy (non-hydrogen) atoms. The summed E-state index contributed by atoms with van der Waals surface area (Å²) < 4.78 is 0. The van der Waals surface area contributed by atoms with E-state index in [9.17, 15) is 9.59 Å². The zero-order valence-corrected chi connectivity index (χ0v) is 17.7. The zero-order chi connectivity index (χ0) is 22.8. The van der Waals surface area contributed by atoms with Crippen LogP contribution in [0.3, 0.4) is 0 Å². The number of carbonyl (C=O) groups is 2. The van der Waals surface area contributed by atoms with Crippen molar-refractivity contribution in [3.05, 3.63) is 59.7 Å². The van der Waals surface area contributed by atoms with E-state index in [2.05, 4.69) is 21.3 Å². The number of hydrogen-bond acceptors (Lipinski definition) is 4. The summed E-state index contributed by atoms with van der Waals surface area (Å²) >= 11 is 0. The summed E-state index contributed by atoms with van der Waals surface area (Å²) in [5, 5.41) is 29.2. The molecule has 0 unspecified atom stereocenters. The Morgan fingerprint density at radius 3 is 1.72 bits per heavy atom. The number of benzene rings is 2. The molecule has 0 heterocycles. The molecule has 0 spiro atoms. The summed E-state index contributed by atoms with van der Waals surface area (Å²) in [5.74, 6) is 0.698. The normalized spacial score (nSPS) is 17.3. The van der Waals surface area contributed by atoms with Gasteiger partial charge in [0.15, 0.2) is 0 Å². The number of nitrogens with zero attached hydrogens (tertiary/aromatic N) is 2. The summed E-state index contributed by atoms with van der Waals surface area (Å²) in [7, 11) is 0. The lowest BCUT2D eigenvalue weighted by molar-refractivity contribution is 0.230. The van der Waals surface area contributed by atoms with Crippen LogP contribution in [0.1, 0.15) is 36.8 Å². The highest BCUT2D eigenvalue weighted by atomic mass is 16.2. The van der Waals surface area contributed by atoms with Gasteiger partial charge in [-0.05, 0) is 67.5 Å². The van der Waals surface area contributed by atoms with Crippen molar-refractivity contribution in [2.75, 3.05) is 23.7 Å². The monoisotopic (exact) mass is 430 g/mol. The van der Waals surface area contributed by atoms with Crippen molar-refractivity contribution >= 4 is 23.4 Å². The average molecular weight is 431 g/mol. The molecular weight excluding hydrogens is 404 g/mol. The maximum Gasteiger partial charge on any atom is 0.319 e. The predicted octanol–water partition coefficient (Wildman–Crippen LogP) is 4.18. The SMILES string of the molecule is N#Cc1cccc(NC(=O)NC[C@@H]2CCC[C@@H](CNC(=O)Nc3cccc(C#N)c3)C2)c1. The topological polar surface area (TPSA) is 130 Å². The average Bonchev–Trinajstić information content (AvgIpc) is 2.82.